The van der Waals surface area contributed by atoms with Crippen molar-refractivity contribution < 1.29 is 9.21 Å². The standard InChI is InChI=1S/C26H28N6O2S/c1-30-13-15-31(16-14-30)22-11-9-21(10-12-22)27-24(33)19-35-26-29-28-25(23-8-5-17-34-23)32(26)18-20-6-3-2-4-7-20/h2-12,17H,13-16,18-19H2,1H3,(H,27,33). The molecule has 3 heterocycles. The van der Waals surface area contributed by atoms with Crippen molar-refractivity contribution in [3.8, 4) is 11.6 Å². The van der Waals surface area contributed by atoms with Gasteiger partial charge in [-0.05, 0) is 49.0 Å². The fraction of sp³-hybridized carbons (Fsp3) is 0.269. The van der Waals surface area contributed by atoms with Crippen LogP contribution in [0.3, 0.4) is 0 Å². The number of likely N-dealkylation sites (N-methyl/N-ethyl adjacent to an activating group) is 1. The van der Waals surface area contributed by atoms with Crippen molar-refractivity contribution >= 4 is 29.0 Å². The van der Waals surface area contributed by atoms with E-state index in [0.29, 0.717) is 23.3 Å². The summed E-state index contributed by atoms with van der Waals surface area (Å²) in [4.78, 5) is 17.4. The van der Waals surface area contributed by atoms with E-state index >= 15 is 0 Å². The molecule has 9 heteroatoms. The predicted octanol–water partition coefficient (Wildman–Crippen LogP) is 4.07. The summed E-state index contributed by atoms with van der Waals surface area (Å²) in [7, 11) is 2.15. The third kappa shape index (κ3) is 5.75. The molecule has 1 aliphatic rings. The molecule has 0 radical (unpaired) electrons. The van der Waals surface area contributed by atoms with Gasteiger partial charge >= 0.3 is 0 Å². The van der Waals surface area contributed by atoms with Crippen LogP contribution in [-0.2, 0) is 11.3 Å². The van der Waals surface area contributed by atoms with E-state index in [-0.39, 0.29) is 11.7 Å². The lowest BCUT2D eigenvalue weighted by Crippen LogP contribution is -2.44. The number of anilines is 2. The first-order valence-corrected chi connectivity index (χ1v) is 12.6. The number of nitrogens with zero attached hydrogens (tertiary/aromatic N) is 5. The maximum atomic E-state index is 12.7. The maximum absolute atomic E-state index is 12.7. The van der Waals surface area contributed by atoms with Gasteiger partial charge in [0.15, 0.2) is 10.9 Å². The Labute approximate surface area is 208 Å². The Kier molecular flexibility index (Phi) is 7.15. The molecule has 4 aromatic rings. The second kappa shape index (κ2) is 10.8. The number of piperazine rings is 1. The van der Waals surface area contributed by atoms with Crippen molar-refractivity contribution in [3.05, 3.63) is 78.6 Å². The van der Waals surface area contributed by atoms with Gasteiger partial charge in [0.25, 0.3) is 0 Å². The van der Waals surface area contributed by atoms with Crippen LogP contribution < -0.4 is 10.2 Å². The number of aromatic nitrogens is 3. The van der Waals surface area contributed by atoms with Gasteiger partial charge in [0.1, 0.15) is 0 Å². The molecular formula is C26H28N6O2S. The maximum Gasteiger partial charge on any atom is 0.234 e. The highest BCUT2D eigenvalue weighted by atomic mass is 32.2. The highest BCUT2D eigenvalue weighted by molar-refractivity contribution is 7.99. The Hall–Kier alpha value is -3.56. The fourth-order valence-corrected chi connectivity index (χ4v) is 4.78. The van der Waals surface area contributed by atoms with E-state index in [1.165, 1.54) is 17.4 Å². The number of carbonyl (C=O) groups excluding carboxylic acids is 1. The number of nitrogens with one attached hydrogen (secondary N) is 1. The second-order valence-electron chi connectivity index (χ2n) is 8.53. The van der Waals surface area contributed by atoms with Crippen LogP contribution in [0.5, 0.6) is 0 Å². The summed E-state index contributed by atoms with van der Waals surface area (Å²) in [5, 5.41) is 12.3. The van der Waals surface area contributed by atoms with Crippen molar-refractivity contribution in [1.82, 2.24) is 19.7 Å². The number of carbonyl (C=O) groups is 1. The predicted molar refractivity (Wildman–Crippen MR) is 139 cm³/mol. The molecule has 0 unspecified atom stereocenters. The van der Waals surface area contributed by atoms with Crippen LogP contribution in [0.25, 0.3) is 11.6 Å². The molecule has 2 aromatic carbocycles. The average molecular weight is 489 g/mol. The highest BCUT2D eigenvalue weighted by Crippen LogP contribution is 2.26. The quantitative estimate of drug-likeness (QED) is 0.375. The van der Waals surface area contributed by atoms with E-state index in [9.17, 15) is 4.79 Å². The van der Waals surface area contributed by atoms with E-state index < -0.39 is 0 Å². The summed E-state index contributed by atoms with van der Waals surface area (Å²) in [6, 6.07) is 21.8. The molecule has 1 amide bonds. The lowest BCUT2D eigenvalue weighted by molar-refractivity contribution is -0.113. The van der Waals surface area contributed by atoms with Crippen molar-refractivity contribution in [2.45, 2.75) is 11.7 Å². The van der Waals surface area contributed by atoms with Gasteiger partial charge in [0.2, 0.25) is 11.7 Å². The van der Waals surface area contributed by atoms with Gasteiger partial charge in [0.05, 0.1) is 18.6 Å². The SMILES string of the molecule is CN1CCN(c2ccc(NC(=O)CSc3nnc(-c4ccco4)n3Cc3ccccc3)cc2)CC1. The minimum absolute atomic E-state index is 0.0869. The van der Waals surface area contributed by atoms with Gasteiger partial charge in [-0.3, -0.25) is 9.36 Å². The van der Waals surface area contributed by atoms with Crippen LogP contribution in [-0.4, -0.2) is 64.6 Å². The van der Waals surface area contributed by atoms with Crippen LogP contribution in [0.2, 0.25) is 0 Å². The van der Waals surface area contributed by atoms with E-state index in [2.05, 4.69) is 56.6 Å². The number of hydrogen-bond acceptors (Lipinski definition) is 7. The summed E-state index contributed by atoms with van der Waals surface area (Å²) in [5.41, 5.74) is 3.09. The zero-order valence-electron chi connectivity index (χ0n) is 19.6. The number of thioether (sulfide) groups is 1. The summed E-state index contributed by atoms with van der Waals surface area (Å²) >= 11 is 1.36. The Morgan fingerprint density at radius 3 is 2.46 bits per heavy atom. The molecule has 0 aliphatic carbocycles. The second-order valence-corrected chi connectivity index (χ2v) is 9.47. The van der Waals surface area contributed by atoms with Crippen LogP contribution in [0.15, 0.2) is 82.6 Å². The van der Waals surface area contributed by atoms with Crippen LogP contribution in [0, 0.1) is 0 Å². The Morgan fingerprint density at radius 1 is 0.971 bits per heavy atom. The van der Waals surface area contributed by atoms with E-state index in [0.717, 1.165) is 37.4 Å². The normalized spacial score (nSPS) is 14.3. The largest absolute Gasteiger partial charge is 0.461 e. The molecule has 1 fully saturated rings. The summed E-state index contributed by atoms with van der Waals surface area (Å²) < 4.78 is 7.54. The molecule has 2 aromatic heterocycles. The summed E-state index contributed by atoms with van der Waals surface area (Å²) in [6.45, 7) is 4.74. The smallest absolute Gasteiger partial charge is 0.234 e. The zero-order valence-corrected chi connectivity index (χ0v) is 20.4. The lowest BCUT2D eigenvalue weighted by atomic mass is 10.2. The molecule has 0 bridgehead atoms. The highest BCUT2D eigenvalue weighted by Gasteiger charge is 2.18. The monoisotopic (exact) mass is 488 g/mol. The minimum Gasteiger partial charge on any atom is -0.461 e. The fourth-order valence-electron chi connectivity index (χ4n) is 4.04. The average Bonchev–Trinajstić information content (AvgIpc) is 3.55. The van der Waals surface area contributed by atoms with E-state index in [1.807, 2.05) is 47.0 Å². The van der Waals surface area contributed by atoms with E-state index in [1.54, 1.807) is 6.26 Å². The Bertz CT molecular complexity index is 1230. The molecule has 1 aliphatic heterocycles. The molecule has 0 spiro atoms. The van der Waals surface area contributed by atoms with Crippen molar-refractivity contribution in [2.75, 3.05) is 49.2 Å². The Morgan fingerprint density at radius 2 is 1.74 bits per heavy atom. The first-order chi connectivity index (χ1) is 17.2. The van der Waals surface area contributed by atoms with Crippen molar-refractivity contribution in [3.63, 3.8) is 0 Å². The molecule has 0 atom stereocenters. The molecule has 1 N–H and O–H groups in total. The van der Waals surface area contributed by atoms with Crippen LogP contribution in [0.1, 0.15) is 5.56 Å². The van der Waals surface area contributed by atoms with Crippen molar-refractivity contribution in [1.29, 1.82) is 0 Å². The molecule has 0 saturated carbocycles. The van der Waals surface area contributed by atoms with Gasteiger partial charge in [-0.2, -0.15) is 0 Å². The lowest BCUT2D eigenvalue weighted by Gasteiger charge is -2.34. The van der Waals surface area contributed by atoms with Crippen molar-refractivity contribution in [2.24, 2.45) is 0 Å². The molecule has 35 heavy (non-hydrogen) atoms. The molecule has 1 saturated heterocycles. The van der Waals surface area contributed by atoms with Gasteiger partial charge in [0, 0.05) is 37.6 Å². The first-order valence-electron chi connectivity index (χ1n) is 11.6. The third-order valence-corrected chi connectivity index (χ3v) is 6.96. The van der Waals surface area contributed by atoms with Gasteiger partial charge in [-0.25, -0.2) is 0 Å². The third-order valence-electron chi connectivity index (χ3n) is 5.99. The zero-order chi connectivity index (χ0) is 24.0. The van der Waals surface area contributed by atoms with E-state index in [4.69, 9.17) is 4.42 Å². The Balaban J connectivity index is 1.22. The van der Waals surface area contributed by atoms with Gasteiger partial charge in [-0.1, -0.05) is 42.1 Å². The molecular weight excluding hydrogens is 460 g/mol. The number of benzene rings is 2. The number of rotatable bonds is 8. The van der Waals surface area contributed by atoms with Gasteiger partial charge < -0.3 is 19.5 Å². The molecule has 180 valence electrons. The topological polar surface area (TPSA) is 79.4 Å². The number of hydrogen-bond donors (Lipinski definition) is 1. The van der Waals surface area contributed by atoms with Crippen LogP contribution in [0.4, 0.5) is 11.4 Å². The summed E-state index contributed by atoms with van der Waals surface area (Å²) in [6.07, 6.45) is 1.62. The number of furan rings is 1. The molecule has 5 rings (SSSR count). The van der Waals surface area contributed by atoms with Gasteiger partial charge in [-0.15, -0.1) is 10.2 Å². The number of amides is 1. The summed E-state index contributed by atoms with van der Waals surface area (Å²) in [5.74, 6) is 1.42. The minimum atomic E-state index is -0.0869. The first kappa shape index (κ1) is 23.2. The molecule has 8 nitrogen and oxygen atoms in total. The van der Waals surface area contributed by atoms with Crippen LogP contribution >= 0.6 is 11.8 Å².